The number of aromatic carboxylic acids is 1. The fraction of sp³-hybridized carbons (Fsp3) is 0.267. The average molecular weight is 304 g/mol. The second-order valence-corrected chi connectivity index (χ2v) is 5.75. The first-order chi connectivity index (χ1) is 10.0. The number of nitrogens with zero attached hydrogens (tertiary/aromatic N) is 1. The molecule has 110 valence electrons. The van der Waals surface area contributed by atoms with E-state index in [9.17, 15) is 9.59 Å². The third-order valence-corrected chi connectivity index (χ3v) is 4.33. The summed E-state index contributed by atoms with van der Waals surface area (Å²) in [4.78, 5) is 28.5. The van der Waals surface area contributed by atoms with Crippen LogP contribution in [0.5, 0.6) is 0 Å². The number of rotatable bonds is 5. The maximum atomic E-state index is 12.2. The number of carbonyl (C=O) groups is 2. The van der Waals surface area contributed by atoms with Crippen LogP contribution in [0.3, 0.4) is 0 Å². The Morgan fingerprint density at radius 3 is 2.71 bits per heavy atom. The van der Waals surface area contributed by atoms with Crippen LogP contribution >= 0.6 is 11.3 Å². The van der Waals surface area contributed by atoms with E-state index in [1.165, 1.54) is 17.0 Å². The lowest BCUT2D eigenvalue weighted by Crippen LogP contribution is -2.26. The Morgan fingerprint density at radius 2 is 2.10 bits per heavy atom. The van der Waals surface area contributed by atoms with Gasteiger partial charge in [-0.15, -0.1) is 11.3 Å². The van der Waals surface area contributed by atoms with Crippen molar-refractivity contribution < 1.29 is 14.7 Å². The first kappa shape index (κ1) is 15.2. The van der Waals surface area contributed by atoms with Crippen molar-refractivity contribution in [3.63, 3.8) is 0 Å². The molecule has 1 amide bonds. The molecule has 5 nitrogen and oxygen atoms in total. The maximum Gasteiger partial charge on any atom is 0.335 e. The topological polar surface area (TPSA) is 79.3 Å². The van der Waals surface area contributed by atoms with E-state index in [4.69, 9.17) is 5.11 Å². The van der Waals surface area contributed by atoms with Crippen molar-refractivity contribution in [3.8, 4) is 0 Å². The molecule has 0 radical (unpaired) electrons. The summed E-state index contributed by atoms with van der Waals surface area (Å²) in [6.07, 6.45) is 2.73. The van der Waals surface area contributed by atoms with E-state index >= 15 is 0 Å². The fourth-order valence-corrected chi connectivity index (χ4v) is 2.68. The van der Waals surface area contributed by atoms with Gasteiger partial charge in [0.25, 0.3) is 5.91 Å². The quantitative estimate of drug-likeness (QED) is 0.890. The summed E-state index contributed by atoms with van der Waals surface area (Å²) in [5.41, 5.74) is 0.423. The van der Waals surface area contributed by atoms with Crippen LogP contribution in [0.25, 0.3) is 0 Å². The number of thiazole rings is 1. The van der Waals surface area contributed by atoms with Crippen molar-refractivity contribution in [3.05, 3.63) is 51.5 Å². The van der Waals surface area contributed by atoms with Crippen LogP contribution < -0.4 is 5.32 Å². The molecule has 0 saturated carbocycles. The van der Waals surface area contributed by atoms with Crippen LogP contribution in [-0.4, -0.2) is 22.0 Å². The van der Waals surface area contributed by atoms with Gasteiger partial charge in [0.05, 0.1) is 11.6 Å². The zero-order valence-electron chi connectivity index (χ0n) is 11.8. The molecule has 6 heteroatoms. The Hall–Kier alpha value is -2.21. The van der Waals surface area contributed by atoms with Crippen LogP contribution in [0.2, 0.25) is 0 Å². The summed E-state index contributed by atoms with van der Waals surface area (Å²) in [5.74, 6) is -1.36. The van der Waals surface area contributed by atoms with E-state index in [0.29, 0.717) is 5.56 Å². The molecule has 0 aliphatic heterocycles. The average Bonchev–Trinajstić information content (AvgIpc) is 2.96. The van der Waals surface area contributed by atoms with E-state index in [2.05, 4.69) is 17.2 Å². The van der Waals surface area contributed by atoms with Gasteiger partial charge in [-0.1, -0.05) is 13.0 Å². The highest BCUT2D eigenvalue weighted by Gasteiger charge is 2.15. The van der Waals surface area contributed by atoms with E-state index in [0.717, 1.165) is 11.4 Å². The number of hydrogen-bond acceptors (Lipinski definition) is 4. The van der Waals surface area contributed by atoms with Gasteiger partial charge < -0.3 is 10.4 Å². The van der Waals surface area contributed by atoms with Crippen molar-refractivity contribution in [2.24, 2.45) is 0 Å². The van der Waals surface area contributed by atoms with Gasteiger partial charge in [0.15, 0.2) is 0 Å². The van der Waals surface area contributed by atoms with Crippen LogP contribution in [0, 0.1) is 0 Å². The lowest BCUT2D eigenvalue weighted by molar-refractivity contribution is 0.0697. The molecule has 1 heterocycles. The number of aromatic nitrogens is 1. The summed E-state index contributed by atoms with van der Waals surface area (Å²) < 4.78 is 0. The molecule has 21 heavy (non-hydrogen) atoms. The third kappa shape index (κ3) is 3.66. The van der Waals surface area contributed by atoms with Gasteiger partial charge in [-0.05, 0) is 31.5 Å². The molecule has 0 fully saturated rings. The monoisotopic (exact) mass is 304 g/mol. The van der Waals surface area contributed by atoms with E-state index in [1.807, 2.05) is 13.1 Å². The Balaban J connectivity index is 2.10. The minimum absolute atomic E-state index is 0.0952. The number of nitrogens with one attached hydrogen (secondary N) is 1. The number of hydrogen-bond donors (Lipinski definition) is 2. The Bertz CT molecular complexity index is 666. The summed E-state index contributed by atoms with van der Waals surface area (Å²) in [6.45, 7) is 3.91. The van der Waals surface area contributed by atoms with E-state index < -0.39 is 5.97 Å². The summed E-state index contributed by atoms with van der Waals surface area (Å²) >= 11 is 1.57. The molecule has 0 aliphatic rings. The molecule has 0 spiro atoms. The number of carbonyl (C=O) groups excluding carboxylic acids is 1. The number of amides is 1. The zero-order valence-corrected chi connectivity index (χ0v) is 12.6. The molecular formula is C15H16N2O3S. The molecule has 0 saturated heterocycles. The van der Waals surface area contributed by atoms with Crippen molar-refractivity contribution in [1.82, 2.24) is 10.3 Å². The Morgan fingerprint density at radius 1 is 1.38 bits per heavy atom. The smallest absolute Gasteiger partial charge is 0.335 e. The first-order valence-corrected chi connectivity index (χ1v) is 7.41. The van der Waals surface area contributed by atoms with Gasteiger partial charge in [-0.2, -0.15) is 0 Å². The SMILES string of the molecule is CCc1cnc(C(C)NC(=O)c2cccc(C(=O)O)c2)s1. The van der Waals surface area contributed by atoms with Crippen LogP contribution in [0.15, 0.2) is 30.5 Å². The summed E-state index contributed by atoms with van der Waals surface area (Å²) in [7, 11) is 0. The summed E-state index contributed by atoms with van der Waals surface area (Å²) in [5, 5.41) is 12.6. The summed E-state index contributed by atoms with van der Waals surface area (Å²) in [6, 6.07) is 5.76. The third-order valence-electron chi connectivity index (χ3n) is 3.01. The van der Waals surface area contributed by atoms with Crippen molar-refractivity contribution in [2.75, 3.05) is 0 Å². The zero-order chi connectivity index (χ0) is 15.4. The predicted octanol–water partition coefficient (Wildman–Crippen LogP) is 2.89. The number of aryl methyl sites for hydroxylation is 1. The first-order valence-electron chi connectivity index (χ1n) is 6.60. The van der Waals surface area contributed by atoms with Crippen LogP contribution in [0.4, 0.5) is 0 Å². The van der Waals surface area contributed by atoms with Gasteiger partial charge in [0.2, 0.25) is 0 Å². The molecule has 2 N–H and O–H groups in total. The lowest BCUT2D eigenvalue weighted by Gasteiger charge is -2.11. The molecule has 1 aromatic carbocycles. The van der Waals surface area contributed by atoms with E-state index in [-0.39, 0.29) is 17.5 Å². The molecule has 0 aliphatic carbocycles. The normalized spacial score (nSPS) is 11.9. The van der Waals surface area contributed by atoms with Gasteiger partial charge in [-0.25, -0.2) is 9.78 Å². The van der Waals surface area contributed by atoms with E-state index in [1.54, 1.807) is 23.5 Å². The highest BCUT2D eigenvalue weighted by Crippen LogP contribution is 2.20. The van der Waals surface area contributed by atoms with Crippen LogP contribution in [0.1, 0.15) is 50.5 Å². The highest BCUT2D eigenvalue weighted by molar-refractivity contribution is 7.11. The second-order valence-electron chi connectivity index (χ2n) is 4.60. The van der Waals surface area contributed by atoms with Crippen LogP contribution in [-0.2, 0) is 6.42 Å². The number of carboxylic acid groups (broad SMARTS) is 1. The molecule has 2 rings (SSSR count). The molecule has 1 aromatic heterocycles. The largest absolute Gasteiger partial charge is 0.478 e. The molecule has 1 atom stereocenters. The van der Waals surface area contributed by atoms with Crippen molar-refractivity contribution in [1.29, 1.82) is 0 Å². The molecular weight excluding hydrogens is 288 g/mol. The highest BCUT2D eigenvalue weighted by atomic mass is 32.1. The molecule has 0 bridgehead atoms. The number of carboxylic acids is 1. The molecule has 2 aromatic rings. The number of benzene rings is 1. The predicted molar refractivity (Wildman–Crippen MR) is 80.8 cm³/mol. The fourth-order valence-electron chi connectivity index (χ4n) is 1.82. The Labute approximate surface area is 126 Å². The van der Waals surface area contributed by atoms with Crippen molar-refractivity contribution >= 4 is 23.2 Å². The molecule has 1 unspecified atom stereocenters. The Kier molecular flexibility index (Phi) is 4.70. The standard InChI is InChI=1S/C15H16N2O3S/c1-3-12-8-16-14(21-12)9(2)17-13(18)10-5-4-6-11(7-10)15(19)20/h4-9H,3H2,1-2H3,(H,17,18)(H,19,20). The van der Waals surface area contributed by atoms with Gasteiger partial charge >= 0.3 is 5.97 Å². The lowest BCUT2D eigenvalue weighted by atomic mass is 10.1. The maximum absolute atomic E-state index is 12.2. The second kappa shape index (κ2) is 6.49. The minimum atomic E-state index is -1.05. The minimum Gasteiger partial charge on any atom is -0.478 e. The van der Waals surface area contributed by atoms with Crippen molar-refractivity contribution in [2.45, 2.75) is 26.3 Å². The van der Waals surface area contributed by atoms with Gasteiger partial charge in [0, 0.05) is 16.6 Å². The van der Waals surface area contributed by atoms with Gasteiger partial charge in [0.1, 0.15) is 5.01 Å². The van der Waals surface area contributed by atoms with Gasteiger partial charge in [-0.3, -0.25) is 4.79 Å².